The van der Waals surface area contributed by atoms with Gasteiger partial charge in [-0.05, 0) is 56.2 Å². The van der Waals surface area contributed by atoms with Crippen LogP contribution in [0.5, 0.6) is 5.75 Å². The van der Waals surface area contributed by atoms with Crippen molar-refractivity contribution >= 4 is 23.4 Å². The molecule has 4 nitrogen and oxygen atoms in total. The Labute approximate surface area is 149 Å². The van der Waals surface area contributed by atoms with E-state index in [0.717, 1.165) is 34.7 Å². The SMILES string of the molecule is CCN(C)C=Nc1cc(C)c(N(C)c2ccc(F)c(OC)c2)cc1C. The Kier molecular flexibility index (Phi) is 6.02. The largest absolute Gasteiger partial charge is 0.494 e. The van der Waals surface area contributed by atoms with Gasteiger partial charge in [-0.1, -0.05) is 0 Å². The van der Waals surface area contributed by atoms with Crippen LogP contribution in [0.2, 0.25) is 0 Å². The van der Waals surface area contributed by atoms with Gasteiger partial charge in [0.05, 0.1) is 19.1 Å². The average Bonchev–Trinajstić information content (AvgIpc) is 2.61. The van der Waals surface area contributed by atoms with Crippen molar-refractivity contribution in [2.45, 2.75) is 20.8 Å². The van der Waals surface area contributed by atoms with Gasteiger partial charge >= 0.3 is 0 Å². The van der Waals surface area contributed by atoms with Gasteiger partial charge in [-0.15, -0.1) is 0 Å². The van der Waals surface area contributed by atoms with Crippen LogP contribution in [-0.4, -0.2) is 39.0 Å². The topological polar surface area (TPSA) is 28.1 Å². The van der Waals surface area contributed by atoms with Gasteiger partial charge < -0.3 is 14.5 Å². The summed E-state index contributed by atoms with van der Waals surface area (Å²) in [5.74, 6) is -0.125. The molecule has 0 heterocycles. The van der Waals surface area contributed by atoms with Crippen molar-refractivity contribution in [3.63, 3.8) is 0 Å². The van der Waals surface area contributed by atoms with Crippen molar-refractivity contribution in [1.29, 1.82) is 0 Å². The fraction of sp³-hybridized carbons (Fsp3) is 0.350. The molecule has 25 heavy (non-hydrogen) atoms. The molecule has 0 aliphatic rings. The van der Waals surface area contributed by atoms with E-state index in [4.69, 9.17) is 4.74 Å². The van der Waals surface area contributed by atoms with E-state index in [9.17, 15) is 4.39 Å². The maximum absolute atomic E-state index is 13.6. The third-order valence-corrected chi connectivity index (χ3v) is 4.29. The molecule has 0 aromatic heterocycles. The monoisotopic (exact) mass is 343 g/mol. The molecule has 0 unspecified atom stereocenters. The zero-order valence-electron chi connectivity index (χ0n) is 15.8. The molecule has 0 atom stereocenters. The minimum atomic E-state index is -0.364. The standard InChI is InChI=1S/C20H26FN3O/c1-7-23(4)13-22-18-10-15(3)19(11-14(18)2)24(5)16-8-9-17(21)20(12-16)25-6/h8-13H,7H2,1-6H3. The van der Waals surface area contributed by atoms with Gasteiger partial charge in [0, 0.05) is 38.1 Å². The van der Waals surface area contributed by atoms with Gasteiger partial charge in [-0.25, -0.2) is 9.38 Å². The molecule has 5 heteroatoms. The van der Waals surface area contributed by atoms with Crippen LogP contribution in [0.25, 0.3) is 0 Å². The molecule has 0 aliphatic carbocycles. The lowest BCUT2D eigenvalue weighted by Gasteiger charge is -2.23. The number of halogens is 1. The second-order valence-electron chi connectivity index (χ2n) is 6.12. The predicted octanol–water partition coefficient (Wildman–Crippen LogP) is 4.83. The molecule has 134 valence electrons. The quantitative estimate of drug-likeness (QED) is 0.555. The van der Waals surface area contributed by atoms with Gasteiger partial charge in [0.15, 0.2) is 11.6 Å². The number of ether oxygens (including phenoxy) is 1. The lowest BCUT2D eigenvalue weighted by Crippen LogP contribution is -2.14. The summed E-state index contributed by atoms with van der Waals surface area (Å²) in [4.78, 5) is 8.61. The first kappa shape index (κ1) is 18.8. The van der Waals surface area contributed by atoms with E-state index >= 15 is 0 Å². The molecule has 2 rings (SSSR count). The van der Waals surface area contributed by atoms with Crippen LogP contribution in [0.3, 0.4) is 0 Å². The second kappa shape index (κ2) is 8.01. The Bertz CT molecular complexity index is 774. The molecule has 0 saturated carbocycles. The number of hydrogen-bond acceptors (Lipinski definition) is 3. The first-order valence-electron chi connectivity index (χ1n) is 8.30. The van der Waals surface area contributed by atoms with Gasteiger partial charge in [0.2, 0.25) is 0 Å². The number of benzene rings is 2. The van der Waals surface area contributed by atoms with Crippen LogP contribution >= 0.6 is 0 Å². The number of anilines is 2. The lowest BCUT2D eigenvalue weighted by atomic mass is 10.1. The average molecular weight is 343 g/mol. The number of rotatable bonds is 6. The van der Waals surface area contributed by atoms with E-state index in [-0.39, 0.29) is 11.6 Å². The second-order valence-corrected chi connectivity index (χ2v) is 6.12. The summed E-state index contributed by atoms with van der Waals surface area (Å²) in [6.45, 7) is 7.09. The van der Waals surface area contributed by atoms with Crippen molar-refractivity contribution in [2.24, 2.45) is 4.99 Å². The maximum Gasteiger partial charge on any atom is 0.165 e. The number of methoxy groups -OCH3 is 1. The Morgan fingerprint density at radius 3 is 2.48 bits per heavy atom. The van der Waals surface area contributed by atoms with Crippen molar-refractivity contribution in [2.75, 3.05) is 32.6 Å². The first-order chi connectivity index (χ1) is 11.9. The van der Waals surface area contributed by atoms with Crippen LogP contribution in [-0.2, 0) is 0 Å². The van der Waals surface area contributed by atoms with E-state index < -0.39 is 0 Å². The highest BCUT2D eigenvalue weighted by Crippen LogP contribution is 2.34. The van der Waals surface area contributed by atoms with Crippen molar-refractivity contribution in [3.8, 4) is 5.75 Å². The Balaban J connectivity index is 2.36. The summed E-state index contributed by atoms with van der Waals surface area (Å²) in [5.41, 5.74) is 5.05. The van der Waals surface area contributed by atoms with Crippen molar-refractivity contribution in [1.82, 2.24) is 4.90 Å². The van der Waals surface area contributed by atoms with Crippen molar-refractivity contribution in [3.05, 3.63) is 47.3 Å². The Morgan fingerprint density at radius 2 is 1.84 bits per heavy atom. The summed E-state index contributed by atoms with van der Waals surface area (Å²) >= 11 is 0. The van der Waals surface area contributed by atoms with E-state index in [0.29, 0.717) is 0 Å². The molecule has 0 saturated heterocycles. The zero-order valence-corrected chi connectivity index (χ0v) is 15.8. The van der Waals surface area contributed by atoms with Crippen LogP contribution in [0.15, 0.2) is 35.3 Å². The van der Waals surface area contributed by atoms with E-state index in [1.807, 2.05) is 37.2 Å². The highest BCUT2D eigenvalue weighted by molar-refractivity contribution is 5.72. The molecule has 0 radical (unpaired) electrons. The molecule has 0 fully saturated rings. The summed E-state index contributed by atoms with van der Waals surface area (Å²) in [6, 6.07) is 9.04. The summed E-state index contributed by atoms with van der Waals surface area (Å²) in [5, 5.41) is 0. The molecule has 0 amide bonds. The van der Waals surface area contributed by atoms with Crippen molar-refractivity contribution < 1.29 is 9.13 Å². The Morgan fingerprint density at radius 1 is 1.12 bits per heavy atom. The predicted molar refractivity (Wildman–Crippen MR) is 103 cm³/mol. The number of nitrogens with zero attached hydrogens (tertiary/aromatic N) is 3. The van der Waals surface area contributed by atoms with Gasteiger partial charge in [-0.3, -0.25) is 0 Å². The summed E-state index contributed by atoms with van der Waals surface area (Å²) in [7, 11) is 5.43. The minimum absolute atomic E-state index is 0.238. The van der Waals surface area contributed by atoms with E-state index in [2.05, 4.69) is 31.0 Å². The van der Waals surface area contributed by atoms with Crippen LogP contribution < -0.4 is 9.64 Å². The number of aryl methyl sites for hydroxylation is 2. The molecule has 0 spiro atoms. The number of aliphatic imine (C=N–C) groups is 1. The third kappa shape index (κ3) is 4.29. The summed E-state index contributed by atoms with van der Waals surface area (Å²) < 4.78 is 18.7. The maximum atomic E-state index is 13.6. The normalized spacial score (nSPS) is 11.0. The molecule has 2 aromatic carbocycles. The molecular weight excluding hydrogens is 317 g/mol. The van der Waals surface area contributed by atoms with Gasteiger partial charge in [0.25, 0.3) is 0 Å². The van der Waals surface area contributed by atoms with E-state index in [1.54, 1.807) is 12.1 Å². The first-order valence-corrected chi connectivity index (χ1v) is 8.30. The van der Waals surface area contributed by atoms with Crippen LogP contribution in [0.4, 0.5) is 21.5 Å². The van der Waals surface area contributed by atoms with Gasteiger partial charge in [0.1, 0.15) is 0 Å². The van der Waals surface area contributed by atoms with Crippen LogP contribution in [0.1, 0.15) is 18.1 Å². The molecule has 2 aromatic rings. The van der Waals surface area contributed by atoms with Gasteiger partial charge in [-0.2, -0.15) is 0 Å². The molecular formula is C20H26FN3O. The smallest absolute Gasteiger partial charge is 0.165 e. The lowest BCUT2D eigenvalue weighted by molar-refractivity contribution is 0.386. The summed E-state index contributed by atoms with van der Waals surface area (Å²) in [6.07, 6.45) is 1.84. The molecule has 0 N–H and O–H groups in total. The number of hydrogen-bond donors (Lipinski definition) is 0. The fourth-order valence-electron chi connectivity index (χ4n) is 2.52. The molecule has 0 bridgehead atoms. The third-order valence-electron chi connectivity index (χ3n) is 4.29. The minimum Gasteiger partial charge on any atom is -0.494 e. The van der Waals surface area contributed by atoms with E-state index in [1.165, 1.54) is 13.2 Å². The highest BCUT2D eigenvalue weighted by atomic mass is 19.1. The highest BCUT2D eigenvalue weighted by Gasteiger charge is 2.12. The molecule has 0 aliphatic heterocycles. The fourth-order valence-corrected chi connectivity index (χ4v) is 2.52. The zero-order chi connectivity index (χ0) is 18.6. The van der Waals surface area contributed by atoms with Crippen LogP contribution in [0, 0.1) is 19.7 Å². The Hall–Kier alpha value is -2.56.